The number of alkyl halides is 2. The maximum Gasteiger partial charge on any atom is 0.258 e. The first-order valence-corrected chi connectivity index (χ1v) is 10.4. The smallest absolute Gasteiger partial charge is 0.258 e. The zero-order valence-electron chi connectivity index (χ0n) is 18.7. The van der Waals surface area contributed by atoms with Gasteiger partial charge in [-0.25, -0.2) is 13.2 Å². The molecule has 2 aromatic carbocycles. The van der Waals surface area contributed by atoms with Crippen LogP contribution >= 0.6 is 0 Å². The molecule has 0 saturated heterocycles. The van der Waals surface area contributed by atoms with Crippen LogP contribution in [-0.4, -0.2) is 43.6 Å². The average molecular weight is 463 g/mol. The van der Waals surface area contributed by atoms with Gasteiger partial charge in [0.15, 0.2) is 11.6 Å². The minimum absolute atomic E-state index is 0.0503. The standard InChI is InChI=1S/C24H25F4N3O2/c1-13-9-16-14(6-8-19(32)29-16)17(10-13)30-22(23(12-31(2)3)11-24(23,27)28)15-5-7-18(33-4)21(26)20(15)25/h5-10,22,30H,11-12H2,1-4H3,(H,29,32). The van der Waals surface area contributed by atoms with Gasteiger partial charge < -0.3 is 19.9 Å². The highest BCUT2D eigenvalue weighted by Crippen LogP contribution is 2.67. The molecule has 5 nitrogen and oxygen atoms in total. The summed E-state index contributed by atoms with van der Waals surface area (Å²) in [5.41, 5.74) is -0.493. The first kappa shape index (κ1) is 23.1. The normalized spacial score (nSPS) is 20.2. The van der Waals surface area contributed by atoms with Crippen LogP contribution in [0.5, 0.6) is 5.75 Å². The van der Waals surface area contributed by atoms with E-state index in [0.717, 1.165) is 5.56 Å². The molecule has 2 atom stereocenters. The third kappa shape index (κ3) is 3.94. The van der Waals surface area contributed by atoms with Gasteiger partial charge in [-0.2, -0.15) is 4.39 Å². The average Bonchev–Trinajstić information content (AvgIpc) is 3.27. The molecule has 176 valence electrons. The van der Waals surface area contributed by atoms with E-state index < -0.39 is 35.4 Å². The van der Waals surface area contributed by atoms with Gasteiger partial charge in [0.2, 0.25) is 11.4 Å². The highest BCUT2D eigenvalue weighted by molar-refractivity contribution is 5.92. The molecular weight excluding hydrogens is 438 g/mol. The fourth-order valence-corrected chi connectivity index (χ4v) is 4.62. The Balaban J connectivity index is 1.91. The highest BCUT2D eigenvalue weighted by Gasteiger charge is 2.75. The minimum Gasteiger partial charge on any atom is -0.494 e. The third-order valence-electron chi connectivity index (χ3n) is 6.18. The number of nitrogens with zero attached hydrogens (tertiary/aromatic N) is 1. The molecule has 0 bridgehead atoms. The number of halogens is 4. The van der Waals surface area contributed by atoms with E-state index in [1.165, 1.54) is 25.3 Å². The van der Waals surface area contributed by atoms with Crippen LogP contribution in [0.3, 0.4) is 0 Å². The van der Waals surface area contributed by atoms with E-state index in [2.05, 4.69) is 10.3 Å². The zero-order chi connectivity index (χ0) is 24.1. The van der Waals surface area contributed by atoms with Gasteiger partial charge in [0, 0.05) is 35.7 Å². The summed E-state index contributed by atoms with van der Waals surface area (Å²) in [6, 6.07) is 7.64. The number of benzene rings is 2. The second-order valence-corrected chi connectivity index (χ2v) is 8.93. The van der Waals surface area contributed by atoms with Crippen molar-refractivity contribution < 1.29 is 22.3 Å². The lowest BCUT2D eigenvalue weighted by Crippen LogP contribution is -2.36. The van der Waals surface area contributed by atoms with E-state index in [4.69, 9.17) is 4.74 Å². The monoisotopic (exact) mass is 463 g/mol. The van der Waals surface area contributed by atoms with Crippen molar-refractivity contribution in [3.05, 3.63) is 69.5 Å². The Labute approximate surface area is 188 Å². The molecule has 3 aromatic rings. The Morgan fingerprint density at radius 2 is 1.85 bits per heavy atom. The largest absolute Gasteiger partial charge is 0.494 e. The fourth-order valence-electron chi connectivity index (χ4n) is 4.62. The van der Waals surface area contributed by atoms with Crippen molar-refractivity contribution in [1.29, 1.82) is 0 Å². The highest BCUT2D eigenvalue weighted by atomic mass is 19.3. The molecule has 33 heavy (non-hydrogen) atoms. The number of fused-ring (bicyclic) bond motifs is 1. The van der Waals surface area contributed by atoms with Gasteiger partial charge in [0.1, 0.15) is 0 Å². The number of methoxy groups -OCH3 is 1. The molecule has 9 heteroatoms. The summed E-state index contributed by atoms with van der Waals surface area (Å²) in [7, 11) is 4.52. The van der Waals surface area contributed by atoms with Crippen LogP contribution in [0.2, 0.25) is 0 Å². The first-order chi connectivity index (χ1) is 15.5. The quantitative estimate of drug-likeness (QED) is 0.492. The van der Waals surface area contributed by atoms with E-state index >= 15 is 4.39 Å². The van der Waals surface area contributed by atoms with E-state index in [0.29, 0.717) is 16.6 Å². The van der Waals surface area contributed by atoms with Crippen LogP contribution in [0.1, 0.15) is 23.6 Å². The predicted octanol–water partition coefficient (Wildman–Crippen LogP) is 4.86. The number of nitrogens with one attached hydrogen (secondary N) is 2. The Morgan fingerprint density at radius 3 is 2.45 bits per heavy atom. The minimum atomic E-state index is -3.09. The molecule has 0 amide bonds. The van der Waals surface area contributed by atoms with E-state index in [9.17, 15) is 18.0 Å². The molecule has 1 aromatic heterocycles. The Morgan fingerprint density at radius 1 is 1.15 bits per heavy atom. The summed E-state index contributed by atoms with van der Waals surface area (Å²) < 4.78 is 64.5. The molecule has 0 spiro atoms. The second-order valence-electron chi connectivity index (χ2n) is 8.93. The molecule has 2 unspecified atom stereocenters. The van der Waals surface area contributed by atoms with Crippen molar-refractivity contribution in [3.63, 3.8) is 0 Å². The number of hydrogen-bond donors (Lipinski definition) is 2. The van der Waals surface area contributed by atoms with Crippen LogP contribution in [0.15, 0.2) is 41.2 Å². The SMILES string of the molecule is COc1ccc(C(Nc2cc(C)cc3[nH]c(=O)ccc23)C2(CN(C)C)CC2(F)F)c(F)c1F. The van der Waals surface area contributed by atoms with Crippen molar-refractivity contribution in [2.45, 2.75) is 25.3 Å². The third-order valence-corrected chi connectivity index (χ3v) is 6.18. The van der Waals surface area contributed by atoms with Crippen LogP contribution in [-0.2, 0) is 0 Å². The van der Waals surface area contributed by atoms with Gasteiger partial charge in [-0.1, -0.05) is 6.07 Å². The van der Waals surface area contributed by atoms with Gasteiger partial charge in [-0.05, 0) is 50.8 Å². The molecular formula is C24H25F4N3O2. The number of H-pyrrole nitrogens is 1. The number of pyridine rings is 1. The molecule has 2 N–H and O–H groups in total. The lowest BCUT2D eigenvalue weighted by Gasteiger charge is -2.32. The fraction of sp³-hybridized carbons (Fsp3) is 0.375. The lowest BCUT2D eigenvalue weighted by atomic mass is 9.87. The van der Waals surface area contributed by atoms with Crippen molar-refractivity contribution in [2.75, 3.05) is 33.1 Å². The summed E-state index contributed by atoms with van der Waals surface area (Å²) in [5.74, 6) is -5.87. The molecule has 1 aliphatic rings. The van der Waals surface area contributed by atoms with Crippen LogP contribution in [0.4, 0.5) is 23.2 Å². The summed E-state index contributed by atoms with van der Waals surface area (Å²) in [5, 5.41) is 3.66. The molecule has 1 aliphatic carbocycles. The van der Waals surface area contributed by atoms with E-state index in [1.807, 2.05) is 0 Å². The molecule has 0 aliphatic heterocycles. The topological polar surface area (TPSA) is 57.4 Å². The van der Waals surface area contributed by atoms with E-state index in [1.54, 1.807) is 44.1 Å². The maximum absolute atomic E-state index is 15.2. The predicted molar refractivity (Wildman–Crippen MR) is 119 cm³/mol. The molecule has 0 radical (unpaired) electrons. The molecule has 1 fully saturated rings. The first-order valence-electron chi connectivity index (χ1n) is 10.4. The maximum atomic E-state index is 15.2. The molecule has 1 saturated carbocycles. The van der Waals surface area contributed by atoms with E-state index in [-0.39, 0.29) is 23.4 Å². The number of rotatable bonds is 7. The van der Waals surface area contributed by atoms with Gasteiger partial charge in [-0.15, -0.1) is 0 Å². The van der Waals surface area contributed by atoms with Gasteiger partial charge >= 0.3 is 0 Å². The summed E-state index contributed by atoms with van der Waals surface area (Å²) in [6.07, 6.45) is -0.483. The number of hydrogen-bond acceptors (Lipinski definition) is 4. The van der Waals surface area contributed by atoms with Crippen molar-refractivity contribution >= 4 is 16.6 Å². The van der Waals surface area contributed by atoms with Gasteiger partial charge in [0.05, 0.1) is 24.1 Å². The summed E-state index contributed by atoms with van der Waals surface area (Å²) in [6.45, 7) is 1.74. The van der Waals surface area contributed by atoms with Gasteiger partial charge in [-0.3, -0.25) is 4.79 Å². The number of aryl methyl sites for hydroxylation is 1. The van der Waals surface area contributed by atoms with Crippen LogP contribution in [0, 0.1) is 24.0 Å². The Bertz CT molecular complexity index is 1270. The number of aromatic nitrogens is 1. The Kier molecular flexibility index (Phi) is 5.64. The van der Waals surface area contributed by atoms with Crippen LogP contribution in [0.25, 0.3) is 10.9 Å². The van der Waals surface area contributed by atoms with Crippen LogP contribution < -0.4 is 15.6 Å². The number of aromatic amines is 1. The molecule has 1 heterocycles. The zero-order valence-corrected chi connectivity index (χ0v) is 18.7. The van der Waals surface area contributed by atoms with Crippen molar-refractivity contribution in [1.82, 2.24) is 9.88 Å². The van der Waals surface area contributed by atoms with Gasteiger partial charge in [0.25, 0.3) is 5.92 Å². The van der Waals surface area contributed by atoms with Crippen molar-refractivity contribution in [2.24, 2.45) is 5.41 Å². The lowest BCUT2D eigenvalue weighted by molar-refractivity contribution is 0.0436. The second kappa shape index (κ2) is 8.06. The Hall–Kier alpha value is -3.07. The summed E-state index contributed by atoms with van der Waals surface area (Å²) in [4.78, 5) is 16.1. The number of anilines is 1. The molecule has 4 rings (SSSR count). The van der Waals surface area contributed by atoms with Crippen molar-refractivity contribution in [3.8, 4) is 5.75 Å². The summed E-state index contributed by atoms with van der Waals surface area (Å²) >= 11 is 0. The number of ether oxygens (including phenoxy) is 1.